The number of Topliss-reactive ketones (excluding diaryl/α,β-unsaturated/α-hetero) is 1. The Kier molecular flexibility index (Phi) is 4.91. The van der Waals surface area contributed by atoms with Crippen molar-refractivity contribution >= 4 is 27.4 Å². The highest BCUT2D eigenvalue weighted by molar-refractivity contribution is 7.89. The minimum atomic E-state index is -3.81. The van der Waals surface area contributed by atoms with Crippen LogP contribution in [0.25, 0.3) is 0 Å². The fourth-order valence-electron chi connectivity index (χ4n) is 4.68. The van der Waals surface area contributed by atoms with Gasteiger partial charge in [0.2, 0.25) is 21.8 Å². The van der Waals surface area contributed by atoms with Crippen LogP contribution in [-0.4, -0.2) is 37.5 Å². The van der Waals surface area contributed by atoms with E-state index in [1.807, 2.05) is 6.07 Å². The zero-order valence-electron chi connectivity index (χ0n) is 17.2. The molecule has 1 aromatic rings. The number of piperidine rings is 1. The number of hydrogen-bond donors (Lipinski definition) is 2. The number of hydrogen-bond acceptors (Lipinski definition) is 7. The van der Waals surface area contributed by atoms with Crippen molar-refractivity contribution < 1.29 is 22.7 Å². The average Bonchev–Trinajstić information content (AvgIpc) is 3.00. The highest BCUT2D eigenvalue weighted by atomic mass is 32.2. The minimum absolute atomic E-state index is 0.00747. The lowest BCUT2D eigenvalue weighted by Gasteiger charge is -2.34. The summed E-state index contributed by atoms with van der Waals surface area (Å²) in [5, 5.41) is 12.5. The molecule has 31 heavy (non-hydrogen) atoms. The van der Waals surface area contributed by atoms with Crippen molar-refractivity contribution in [3.63, 3.8) is 0 Å². The molecule has 9 nitrogen and oxygen atoms in total. The summed E-state index contributed by atoms with van der Waals surface area (Å²) in [5.74, 6) is -1.33. The molecule has 1 atom stereocenters. The fraction of sp³-hybridized carbons (Fsp3) is 0.381. The van der Waals surface area contributed by atoms with Gasteiger partial charge in [0.1, 0.15) is 22.8 Å². The van der Waals surface area contributed by atoms with Gasteiger partial charge in [0.25, 0.3) is 0 Å². The molecule has 1 spiro atoms. The molecule has 0 bridgehead atoms. The van der Waals surface area contributed by atoms with Crippen LogP contribution in [0.1, 0.15) is 38.7 Å². The Morgan fingerprint density at radius 1 is 1.29 bits per heavy atom. The molecule has 4 rings (SSSR count). The van der Waals surface area contributed by atoms with Gasteiger partial charge in [-0.1, -0.05) is 6.42 Å². The maximum absolute atomic E-state index is 13.3. The second-order valence-corrected chi connectivity index (χ2v) is 9.75. The highest BCUT2D eigenvalue weighted by Crippen LogP contribution is 2.52. The van der Waals surface area contributed by atoms with Gasteiger partial charge in [0, 0.05) is 24.3 Å². The third-order valence-electron chi connectivity index (χ3n) is 6.01. The lowest BCUT2D eigenvalue weighted by atomic mass is 9.67. The largest absolute Gasteiger partial charge is 0.445 e. The maximum atomic E-state index is 13.3. The molecule has 162 valence electrons. The number of nitrogens with zero attached hydrogens (tertiary/aromatic N) is 2. The molecule has 0 saturated carbocycles. The first-order chi connectivity index (χ1) is 14.6. The van der Waals surface area contributed by atoms with Crippen molar-refractivity contribution in [3.8, 4) is 6.07 Å². The van der Waals surface area contributed by atoms with E-state index >= 15 is 0 Å². The van der Waals surface area contributed by atoms with E-state index in [-0.39, 0.29) is 33.2 Å². The van der Waals surface area contributed by atoms with Crippen molar-refractivity contribution in [3.05, 3.63) is 46.6 Å². The van der Waals surface area contributed by atoms with E-state index in [1.165, 1.54) is 36.4 Å². The fourth-order valence-corrected chi connectivity index (χ4v) is 6.23. The molecule has 1 unspecified atom stereocenters. The normalized spacial score (nSPS) is 24.0. The summed E-state index contributed by atoms with van der Waals surface area (Å²) in [5.41, 5.74) is 4.30. The molecule has 0 radical (unpaired) electrons. The van der Waals surface area contributed by atoms with Gasteiger partial charge in [-0.05, 0) is 44.9 Å². The van der Waals surface area contributed by atoms with Gasteiger partial charge in [-0.3, -0.25) is 9.59 Å². The summed E-state index contributed by atoms with van der Waals surface area (Å²) in [4.78, 5) is 25.9. The lowest BCUT2D eigenvalue weighted by molar-refractivity contribution is -0.122. The number of anilines is 1. The predicted molar refractivity (Wildman–Crippen MR) is 111 cm³/mol. The van der Waals surface area contributed by atoms with E-state index in [1.54, 1.807) is 0 Å². The Morgan fingerprint density at radius 2 is 1.97 bits per heavy atom. The standard InChI is InChI=1S/C21H22N4O5S/c1-12(26)18-13(2)30-19(23)16(11-22)21(18)15-10-14(6-7-17(15)24-20(21)27)31(28,29)25-8-4-3-5-9-25/h6-7,10H,3-5,8-9,23H2,1-2H3,(H,24,27). The number of ether oxygens (including phenoxy) is 1. The first-order valence-corrected chi connectivity index (χ1v) is 11.4. The molecular weight excluding hydrogens is 420 g/mol. The van der Waals surface area contributed by atoms with E-state index < -0.39 is 27.1 Å². The summed E-state index contributed by atoms with van der Waals surface area (Å²) in [7, 11) is -3.81. The number of sulfonamides is 1. The molecular formula is C21H22N4O5S. The number of carbonyl (C=O) groups excluding carboxylic acids is 2. The number of carbonyl (C=O) groups is 2. The number of rotatable bonds is 3. The number of allylic oxidation sites excluding steroid dienone is 1. The average molecular weight is 442 g/mol. The Balaban J connectivity index is 1.98. The summed E-state index contributed by atoms with van der Waals surface area (Å²) < 4.78 is 33.3. The summed E-state index contributed by atoms with van der Waals surface area (Å²) >= 11 is 0. The number of nitrogens with two attached hydrogens (primary N) is 1. The third kappa shape index (κ3) is 2.88. The molecule has 3 aliphatic rings. The minimum Gasteiger partial charge on any atom is -0.445 e. The van der Waals surface area contributed by atoms with E-state index in [4.69, 9.17) is 10.5 Å². The maximum Gasteiger partial charge on any atom is 0.245 e. The van der Waals surface area contributed by atoms with Crippen molar-refractivity contribution in [2.24, 2.45) is 5.73 Å². The van der Waals surface area contributed by atoms with E-state index in [9.17, 15) is 23.3 Å². The third-order valence-corrected chi connectivity index (χ3v) is 7.91. The smallest absolute Gasteiger partial charge is 0.245 e. The molecule has 0 aliphatic carbocycles. The van der Waals surface area contributed by atoms with Crippen LogP contribution in [-0.2, 0) is 29.8 Å². The van der Waals surface area contributed by atoms with E-state index in [2.05, 4.69) is 5.32 Å². The molecule has 1 fully saturated rings. The van der Waals surface area contributed by atoms with Crippen molar-refractivity contribution in [2.45, 2.75) is 43.4 Å². The van der Waals surface area contributed by atoms with E-state index in [0.29, 0.717) is 18.8 Å². The van der Waals surface area contributed by atoms with Crippen molar-refractivity contribution in [1.29, 1.82) is 5.26 Å². The number of nitriles is 1. The quantitative estimate of drug-likeness (QED) is 0.724. The van der Waals surface area contributed by atoms with Gasteiger partial charge in [0.05, 0.1) is 10.5 Å². The first-order valence-electron chi connectivity index (χ1n) is 9.92. The van der Waals surface area contributed by atoms with Crippen LogP contribution in [0.5, 0.6) is 0 Å². The number of amides is 1. The SMILES string of the molecule is CC(=O)C1=C(C)OC(N)=C(C#N)C12C(=O)Nc1ccc(S(=O)(=O)N3CCCCC3)cc12. The molecule has 10 heteroatoms. The lowest BCUT2D eigenvalue weighted by Crippen LogP contribution is -2.45. The monoisotopic (exact) mass is 442 g/mol. The Hall–Kier alpha value is -3.16. The predicted octanol–water partition coefficient (Wildman–Crippen LogP) is 1.64. The van der Waals surface area contributed by atoms with Gasteiger partial charge >= 0.3 is 0 Å². The second kappa shape index (κ2) is 7.21. The number of benzene rings is 1. The zero-order valence-corrected chi connectivity index (χ0v) is 18.0. The number of nitrogens with one attached hydrogen (secondary N) is 1. The molecule has 1 amide bonds. The molecule has 3 aliphatic heterocycles. The van der Waals surface area contributed by atoms with Gasteiger partial charge in [0.15, 0.2) is 5.78 Å². The Morgan fingerprint density at radius 3 is 2.58 bits per heavy atom. The molecule has 1 saturated heterocycles. The molecule has 3 heterocycles. The molecule has 0 aromatic heterocycles. The molecule has 3 N–H and O–H groups in total. The van der Waals surface area contributed by atoms with Crippen LogP contribution < -0.4 is 11.1 Å². The number of fused-ring (bicyclic) bond motifs is 2. The van der Waals surface area contributed by atoms with Crippen LogP contribution >= 0.6 is 0 Å². The summed E-state index contributed by atoms with van der Waals surface area (Å²) in [6, 6.07) is 6.17. The van der Waals surface area contributed by atoms with Crippen molar-refractivity contribution in [2.75, 3.05) is 18.4 Å². The van der Waals surface area contributed by atoms with Crippen LogP contribution in [0.4, 0.5) is 5.69 Å². The second-order valence-electron chi connectivity index (χ2n) is 7.82. The van der Waals surface area contributed by atoms with E-state index in [0.717, 1.165) is 19.3 Å². The van der Waals surface area contributed by atoms with Crippen LogP contribution in [0, 0.1) is 11.3 Å². The van der Waals surface area contributed by atoms with Crippen LogP contribution in [0.15, 0.2) is 45.9 Å². The first kappa shape index (κ1) is 21.1. The molecule has 1 aromatic carbocycles. The number of ketones is 1. The van der Waals surface area contributed by atoms with Gasteiger partial charge in [-0.2, -0.15) is 9.57 Å². The summed E-state index contributed by atoms with van der Waals surface area (Å²) in [6.07, 6.45) is 2.53. The van der Waals surface area contributed by atoms with Gasteiger partial charge in [-0.15, -0.1) is 0 Å². The zero-order chi connectivity index (χ0) is 22.6. The Bertz CT molecular complexity index is 1220. The van der Waals surface area contributed by atoms with Crippen molar-refractivity contribution in [1.82, 2.24) is 4.31 Å². The topological polar surface area (TPSA) is 143 Å². The summed E-state index contributed by atoms with van der Waals surface area (Å²) in [6.45, 7) is 3.59. The van der Waals surface area contributed by atoms with Gasteiger partial charge < -0.3 is 15.8 Å². The van der Waals surface area contributed by atoms with Crippen LogP contribution in [0.3, 0.4) is 0 Å². The van der Waals surface area contributed by atoms with Crippen LogP contribution in [0.2, 0.25) is 0 Å². The highest BCUT2D eigenvalue weighted by Gasteiger charge is 2.58. The Labute approximate surface area is 180 Å². The van der Waals surface area contributed by atoms with Gasteiger partial charge in [-0.25, -0.2) is 8.42 Å².